The molecule has 4 heterocycles. The Bertz CT molecular complexity index is 1470. The lowest BCUT2D eigenvalue weighted by Gasteiger charge is -2.44. The number of aryl methyl sites for hydroxylation is 2. The summed E-state index contributed by atoms with van der Waals surface area (Å²) in [5.74, 6) is 0.621. The fourth-order valence-electron chi connectivity index (χ4n) is 5.31. The summed E-state index contributed by atoms with van der Waals surface area (Å²) in [7, 11) is 3.81. The van der Waals surface area contributed by atoms with E-state index in [1.54, 1.807) is 17.2 Å². The van der Waals surface area contributed by atoms with E-state index in [9.17, 15) is 9.59 Å². The zero-order valence-corrected chi connectivity index (χ0v) is 18.6. The van der Waals surface area contributed by atoms with Gasteiger partial charge in [-0.3, -0.25) is 14.3 Å². The molecule has 0 unspecified atom stereocenters. The van der Waals surface area contributed by atoms with Gasteiger partial charge in [0.1, 0.15) is 16.9 Å². The number of benzene rings is 2. The Hall–Kier alpha value is -3.87. The molecule has 1 amide bonds. The van der Waals surface area contributed by atoms with Crippen molar-refractivity contribution >= 4 is 16.8 Å². The number of para-hydroxylation sites is 2. The Morgan fingerprint density at radius 1 is 1.03 bits per heavy atom. The zero-order valence-electron chi connectivity index (χ0n) is 18.6. The Morgan fingerprint density at radius 3 is 2.58 bits per heavy atom. The van der Waals surface area contributed by atoms with E-state index >= 15 is 0 Å². The molecule has 0 N–H and O–H groups in total. The fourth-order valence-corrected chi connectivity index (χ4v) is 5.31. The van der Waals surface area contributed by atoms with E-state index in [1.807, 2.05) is 65.9 Å². The number of nitrogens with zero attached hydrogens (tertiary/aromatic N) is 4. The van der Waals surface area contributed by atoms with E-state index in [0.29, 0.717) is 31.3 Å². The number of fused-ring (bicyclic) bond motifs is 5. The van der Waals surface area contributed by atoms with Crippen LogP contribution < -0.4 is 10.2 Å². The van der Waals surface area contributed by atoms with Crippen LogP contribution in [0.5, 0.6) is 5.75 Å². The lowest BCUT2D eigenvalue weighted by Crippen LogP contribution is -2.49. The number of carbonyl (C=O) groups is 1. The minimum Gasteiger partial charge on any atom is -0.482 e. The summed E-state index contributed by atoms with van der Waals surface area (Å²) in [5, 5.41) is 5.07. The average molecular weight is 441 g/mol. The van der Waals surface area contributed by atoms with Crippen LogP contribution in [0.1, 0.15) is 28.8 Å². The SMILES string of the molecule is Cn1ncc2c1-c1ccccc1OC21CCN(C(=O)c2cn(C)c3ccccc3c2=O)CC1. The first-order valence-corrected chi connectivity index (χ1v) is 11.2. The minimum absolute atomic E-state index is 0.212. The minimum atomic E-state index is -0.525. The predicted molar refractivity (Wildman–Crippen MR) is 125 cm³/mol. The lowest BCUT2D eigenvalue weighted by molar-refractivity contribution is -0.00177. The second kappa shape index (κ2) is 7.07. The molecular weight excluding hydrogens is 416 g/mol. The van der Waals surface area contributed by atoms with E-state index < -0.39 is 5.60 Å². The normalized spacial score (nSPS) is 16.4. The third kappa shape index (κ3) is 2.85. The summed E-state index contributed by atoms with van der Waals surface area (Å²) in [5.41, 5.74) is 3.46. The van der Waals surface area contributed by atoms with E-state index in [1.165, 1.54) is 0 Å². The number of ether oxygens (including phenoxy) is 1. The summed E-state index contributed by atoms with van der Waals surface area (Å²) < 4.78 is 10.3. The molecule has 6 rings (SSSR count). The molecular formula is C26H24N4O3. The van der Waals surface area contributed by atoms with Crippen molar-refractivity contribution in [3.63, 3.8) is 0 Å². The fraction of sp³-hybridized carbons (Fsp3) is 0.269. The van der Waals surface area contributed by atoms with E-state index in [0.717, 1.165) is 28.1 Å². The van der Waals surface area contributed by atoms with Crippen molar-refractivity contribution in [2.24, 2.45) is 14.1 Å². The molecule has 0 bridgehead atoms. The van der Waals surface area contributed by atoms with Gasteiger partial charge in [0.05, 0.1) is 17.4 Å². The largest absolute Gasteiger partial charge is 0.482 e. The molecule has 166 valence electrons. The maximum absolute atomic E-state index is 13.4. The maximum Gasteiger partial charge on any atom is 0.259 e. The van der Waals surface area contributed by atoms with Gasteiger partial charge >= 0.3 is 0 Å². The van der Waals surface area contributed by atoms with Gasteiger partial charge in [-0.1, -0.05) is 24.3 Å². The number of pyridine rings is 1. The van der Waals surface area contributed by atoms with Crippen LogP contribution in [0.25, 0.3) is 22.2 Å². The van der Waals surface area contributed by atoms with Crippen LogP contribution in [0.3, 0.4) is 0 Å². The van der Waals surface area contributed by atoms with Crippen molar-refractivity contribution in [1.29, 1.82) is 0 Å². The van der Waals surface area contributed by atoms with Gasteiger partial charge in [-0.2, -0.15) is 5.10 Å². The van der Waals surface area contributed by atoms with Gasteiger partial charge in [0, 0.05) is 62.7 Å². The first-order chi connectivity index (χ1) is 16.0. The second-order valence-corrected chi connectivity index (χ2v) is 8.92. The Labute approximate surface area is 190 Å². The van der Waals surface area contributed by atoms with E-state index in [2.05, 4.69) is 11.2 Å². The summed E-state index contributed by atoms with van der Waals surface area (Å²) in [6, 6.07) is 15.4. The lowest BCUT2D eigenvalue weighted by atomic mass is 9.81. The number of carbonyl (C=O) groups excluding carboxylic acids is 1. The standard InChI is InChI=1S/C26H24N4O3/c1-28-16-19(24(31)17-7-3-5-9-21(17)28)25(32)30-13-11-26(12-14-30)20-15-27-29(2)23(20)18-8-4-6-10-22(18)33-26/h3-10,15-16H,11-14H2,1-2H3. The molecule has 33 heavy (non-hydrogen) atoms. The average Bonchev–Trinajstić information content (AvgIpc) is 3.24. The monoisotopic (exact) mass is 440 g/mol. The van der Waals surface area contributed by atoms with Crippen molar-refractivity contribution in [2.45, 2.75) is 18.4 Å². The molecule has 2 aliphatic rings. The number of amides is 1. The van der Waals surface area contributed by atoms with Crippen molar-refractivity contribution in [1.82, 2.24) is 19.2 Å². The van der Waals surface area contributed by atoms with Crippen molar-refractivity contribution in [3.05, 3.63) is 82.3 Å². The maximum atomic E-state index is 13.4. The van der Waals surface area contributed by atoms with Gasteiger partial charge in [-0.25, -0.2) is 0 Å². The molecule has 2 aromatic carbocycles. The molecule has 1 fully saturated rings. The van der Waals surface area contributed by atoms with E-state index in [-0.39, 0.29) is 16.9 Å². The van der Waals surface area contributed by atoms with E-state index in [4.69, 9.17) is 4.74 Å². The predicted octanol–water partition coefficient (Wildman–Crippen LogP) is 3.46. The molecule has 7 heteroatoms. The van der Waals surface area contributed by atoms with Gasteiger partial charge in [0.15, 0.2) is 0 Å². The Kier molecular flexibility index (Phi) is 4.24. The van der Waals surface area contributed by atoms with Crippen molar-refractivity contribution in [3.8, 4) is 17.0 Å². The third-order valence-electron chi connectivity index (χ3n) is 7.06. The zero-order chi connectivity index (χ0) is 22.7. The summed E-state index contributed by atoms with van der Waals surface area (Å²) in [6.45, 7) is 1.01. The van der Waals surface area contributed by atoms with Gasteiger partial charge in [-0.05, 0) is 24.3 Å². The molecule has 0 aliphatic carbocycles. The molecule has 1 spiro atoms. The molecule has 2 aliphatic heterocycles. The van der Waals surface area contributed by atoms with Crippen LogP contribution >= 0.6 is 0 Å². The number of hydrogen-bond acceptors (Lipinski definition) is 4. The van der Waals surface area contributed by atoms with Crippen LogP contribution in [-0.4, -0.2) is 38.2 Å². The number of hydrogen-bond donors (Lipinski definition) is 0. The summed E-state index contributed by atoms with van der Waals surface area (Å²) in [4.78, 5) is 28.2. The van der Waals surface area contributed by atoms with Gasteiger partial charge in [-0.15, -0.1) is 0 Å². The summed E-state index contributed by atoms with van der Waals surface area (Å²) >= 11 is 0. The highest BCUT2D eigenvalue weighted by Crippen LogP contribution is 2.49. The van der Waals surface area contributed by atoms with Crippen LogP contribution in [0.4, 0.5) is 0 Å². The molecule has 0 saturated carbocycles. The first-order valence-electron chi connectivity index (χ1n) is 11.2. The topological polar surface area (TPSA) is 69.4 Å². The molecule has 0 radical (unpaired) electrons. The van der Waals surface area contributed by atoms with Gasteiger partial charge < -0.3 is 14.2 Å². The van der Waals surface area contributed by atoms with Gasteiger partial charge in [0.2, 0.25) is 5.43 Å². The molecule has 1 saturated heterocycles. The highest BCUT2D eigenvalue weighted by molar-refractivity contribution is 5.97. The van der Waals surface area contributed by atoms with Crippen molar-refractivity contribution in [2.75, 3.05) is 13.1 Å². The van der Waals surface area contributed by atoms with Crippen LogP contribution in [0.15, 0.2) is 65.7 Å². The Morgan fingerprint density at radius 2 is 1.76 bits per heavy atom. The molecule has 4 aromatic rings. The molecule has 7 nitrogen and oxygen atoms in total. The van der Waals surface area contributed by atoms with Crippen LogP contribution in [0, 0.1) is 0 Å². The molecule has 2 aromatic heterocycles. The van der Waals surface area contributed by atoms with Crippen LogP contribution in [0.2, 0.25) is 0 Å². The Balaban J connectivity index is 1.32. The smallest absolute Gasteiger partial charge is 0.259 e. The highest BCUT2D eigenvalue weighted by Gasteiger charge is 2.46. The second-order valence-electron chi connectivity index (χ2n) is 8.92. The van der Waals surface area contributed by atoms with Gasteiger partial charge in [0.25, 0.3) is 5.91 Å². The molecule has 0 atom stereocenters. The summed E-state index contributed by atoms with van der Waals surface area (Å²) in [6.07, 6.45) is 4.82. The highest BCUT2D eigenvalue weighted by atomic mass is 16.5. The first kappa shape index (κ1) is 19.8. The number of piperidine rings is 1. The third-order valence-corrected chi connectivity index (χ3v) is 7.06. The van der Waals surface area contributed by atoms with Crippen molar-refractivity contribution < 1.29 is 9.53 Å². The quantitative estimate of drug-likeness (QED) is 0.455. The number of likely N-dealkylation sites (tertiary alicyclic amines) is 1. The number of aromatic nitrogens is 3. The van der Waals surface area contributed by atoms with Crippen LogP contribution in [-0.2, 0) is 19.7 Å². The number of rotatable bonds is 1.